The summed E-state index contributed by atoms with van der Waals surface area (Å²) in [5.41, 5.74) is 7.43. The lowest BCUT2D eigenvalue weighted by Gasteiger charge is -2.18. The highest BCUT2D eigenvalue weighted by atomic mass is 19.4. The van der Waals surface area contributed by atoms with Crippen LogP contribution < -0.4 is 31.7 Å². The number of ether oxygens (including phenoxy) is 2. The highest BCUT2D eigenvalue weighted by Crippen LogP contribution is 2.29. The molecule has 2 aromatic carbocycles. The number of nitrogens with two attached hydrogens (primary N) is 2. The summed E-state index contributed by atoms with van der Waals surface area (Å²) in [6.07, 6.45) is -1.77. The van der Waals surface area contributed by atoms with Crippen molar-refractivity contribution in [1.29, 1.82) is 5.41 Å². The predicted octanol–water partition coefficient (Wildman–Crippen LogP) is 2.37. The van der Waals surface area contributed by atoms with Crippen LogP contribution in [0, 0.1) is 5.41 Å². The van der Waals surface area contributed by atoms with Crippen LogP contribution in [0.1, 0.15) is 34.5 Å². The molecule has 0 aliphatic rings. The summed E-state index contributed by atoms with van der Waals surface area (Å²) in [7, 11) is 1.20. The number of carbonyl (C=O) groups excluding carboxylic acids is 2. The highest BCUT2D eigenvalue weighted by molar-refractivity contribution is 5.97. The Morgan fingerprint density at radius 1 is 1.19 bits per heavy atom. The topological polar surface area (TPSA) is 156 Å². The summed E-state index contributed by atoms with van der Waals surface area (Å²) in [4.78, 5) is 24.9. The van der Waals surface area contributed by atoms with Crippen LogP contribution in [0.5, 0.6) is 11.5 Å². The molecule has 37 heavy (non-hydrogen) atoms. The van der Waals surface area contributed by atoms with Crippen molar-refractivity contribution in [2.45, 2.75) is 25.7 Å². The van der Waals surface area contributed by atoms with E-state index in [4.69, 9.17) is 21.7 Å². The number of benzene rings is 2. The summed E-state index contributed by atoms with van der Waals surface area (Å²) in [6.45, 7) is 2.08. The maximum absolute atomic E-state index is 12.4. The van der Waals surface area contributed by atoms with Crippen LogP contribution in [0.2, 0.25) is 0 Å². The van der Waals surface area contributed by atoms with Gasteiger partial charge >= 0.3 is 6.36 Å². The molecule has 0 aromatic heterocycles. The van der Waals surface area contributed by atoms with Crippen molar-refractivity contribution in [3.05, 3.63) is 71.1 Å². The number of hydrogen-bond donors (Lipinski definition) is 5. The summed E-state index contributed by atoms with van der Waals surface area (Å²) < 4.78 is 46.0. The minimum absolute atomic E-state index is 0.0115. The summed E-state index contributed by atoms with van der Waals surface area (Å²) in [5, 5.41) is 13.9. The van der Waals surface area contributed by atoms with Gasteiger partial charge in [-0.2, -0.15) is 0 Å². The third kappa shape index (κ3) is 9.04. The fourth-order valence-electron chi connectivity index (χ4n) is 3.16. The van der Waals surface area contributed by atoms with E-state index in [0.717, 1.165) is 41.4 Å². The molecule has 0 radical (unpaired) electrons. The van der Waals surface area contributed by atoms with Crippen molar-refractivity contribution in [3.8, 4) is 11.5 Å². The lowest BCUT2D eigenvalue weighted by molar-refractivity contribution is -0.274. The Hall–Kier alpha value is -4.26. The molecule has 1 atom stereocenters. The zero-order chi connectivity index (χ0) is 27.6. The van der Waals surface area contributed by atoms with Crippen LogP contribution in [0.3, 0.4) is 0 Å². The van der Waals surface area contributed by atoms with Gasteiger partial charge in [-0.15, -0.1) is 13.2 Å². The molecular formula is C24H29F3N6O4. The zero-order valence-electron chi connectivity index (χ0n) is 20.3. The van der Waals surface area contributed by atoms with Gasteiger partial charge in [-0.25, -0.2) is 5.84 Å². The van der Waals surface area contributed by atoms with Crippen LogP contribution in [-0.2, 0) is 11.2 Å². The van der Waals surface area contributed by atoms with Crippen molar-refractivity contribution in [1.82, 2.24) is 15.6 Å². The number of halogens is 3. The Morgan fingerprint density at radius 3 is 2.43 bits per heavy atom. The van der Waals surface area contributed by atoms with Gasteiger partial charge in [0.2, 0.25) is 0 Å². The molecule has 2 rings (SSSR count). The van der Waals surface area contributed by atoms with Gasteiger partial charge in [-0.1, -0.05) is 31.2 Å². The average molecular weight is 523 g/mol. The molecule has 0 bridgehead atoms. The normalized spacial score (nSPS) is 12.3. The first-order valence-electron chi connectivity index (χ1n) is 11.1. The third-order valence-electron chi connectivity index (χ3n) is 5.07. The minimum atomic E-state index is -4.88. The summed E-state index contributed by atoms with van der Waals surface area (Å²) in [6, 6.07) is 9.84. The second-order valence-corrected chi connectivity index (χ2v) is 7.70. The van der Waals surface area contributed by atoms with Gasteiger partial charge in [-0.05, 0) is 29.7 Å². The van der Waals surface area contributed by atoms with E-state index < -0.39 is 30.0 Å². The quantitative estimate of drug-likeness (QED) is 0.124. The van der Waals surface area contributed by atoms with Crippen LogP contribution in [0.25, 0.3) is 0 Å². The smallest absolute Gasteiger partial charge is 0.496 e. The van der Waals surface area contributed by atoms with Crippen molar-refractivity contribution in [3.63, 3.8) is 0 Å². The zero-order valence-corrected chi connectivity index (χ0v) is 20.3. The van der Waals surface area contributed by atoms with Crippen molar-refractivity contribution in [2.75, 3.05) is 20.2 Å². The monoisotopic (exact) mass is 522 g/mol. The average Bonchev–Trinajstić information content (AvgIpc) is 2.85. The van der Waals surface area contributed by atoms with Crippen LogP contribution in [-0.4, -0.2) is 49.6 Å². The maximum atomic E-state index is 12.4. The Bertz CT molecular complexity index is 1120. The van der Waals surface area contributed by atoms with Crippen molar-refractivity contribution in [2.24, 2.45) is 11.6 Å². The first kappa shape index (κ1) is 29.0. The molecule has 10 nitrogen and oxygen atoms in total. The molecule has 0 spiro atoms. The van der Waals surface area contributed by atoms with Gasteiger partial charge in [0.25, 0.3) is 11.8 Å². The van der Waals surface area contributed by atoms with E-state index in [-0.39, 0.29) is 30.1 Å². The van der Waals surface area contributed by atoms with Gasteiger partial charge in [0.05, 0.1) is 25.3 Å². The van der Waals surface area contributed by atoms with Crippen LogP contribution in [0.4, 0.5) is 13.2 Å². The van der Waals surface area contributed by atoms with Gasteiger partial charge in [0, 0.05) is 25.0 Å². The molecule has 13 heteroatoms. The van der Waals surface area contributed by atoms with E-state index in [1.54, 1.807) is 0 Å². The van der Waals surface area contributed by atoms with Crippen LogP contribution >= 0.6 is 0 Å². The molecule has 0 fully saturated rings. The molecular weight excluding hydrogens is 493 g/mol. The number of nitrogens with one attached hydrogen (secondary N) is 3. The fraction of sp³-hybridized carbons (Fsp3) is 0.292. The predicted molar refractivity (Wildman–Crippen MR) is 131 cm³/mol. The number of nitrogens with zero attached hydrogens (tertiary/aromatic N) is 1. The number of hydrogen-bond acceptors (Lipinski definition) is 8. The molecule has 7 N–H and O–H groups in total. The Labute approximate surface area is 211 Å². The molecule has 200 valence electrons. The van der Waals surface area contributed by atoms with Gasteiger partial charge in [0.15, 0.2) is 0 Å². The molecule has 0 saturated carbocycles. The molecule has 0 aliphatic heterocycles. The Kier molecular flexibility index (Phi) is 10.3. The van der Waals surface area contributed by atoms with Gasteiger partial charge in [0.1, 0.15) is 17.2 Å². The number of rotatable bonds is 12. The number of carbonyl (C=O) groups is 2. The van der Waals surface area contributed by atoms with Crippen LogP contribution in [0.15, 0.2) is 54.4 Å². The molecule has 0 heterocycles. The number of methoxy groups -OCH3 is 1. The van der Waals surface area contributed by atoms with E-state index in [1.165, 1.54) is 13.3 Å². The van der Waals surface area contributed by atoms with Crippen molar-refractivity contribution >= 4 is 18.0 Å². The van der Waals surface area contributed by atoms with Crippen molar-refractivity contribution < 1.29 is 32.2 Å². The summed E-state index contributed by atoms with van der Waals surface area (Å²) >= 11 is 0. The molecule has 2 aromatic rings. The largest absolute Gasteiger partial charge is 0.573 e. The second-order valence-electron chi connectivity index (χ2n) is 7.70. The molecule has 2 amide bonds. The van der Waals surface area contributed by atoms with E-state index in [1.807, 2.05) is 31.2 Å². The number of aryl methyl sites for hydroxylation is 1. The first-order chi connectivity index (χ1) is 17.5. The fourth-order valence-corrected chi connectivity index (χ4v) is 3.16. The standard InChI is InChI=1S/C24H29F3N6O4/c1-3-15-4-6-16(7-5-15)20(13-28)32-23(35)19(29)14-33(30)11-10-31-22(34)18-9-8-17(12-21(18)36-2)37-24(25,26)27/h4-9,12-14,20,28H,3,10-11,29-30H2,1-2H3,(H,31,34)(H,32,35)/b19-14-,28-13?. The van der Waals surface area contributed by atoms with E-state index in [9.17, 15) is 22.8 Å². The second kappa shape index (κ2) is 13.2. The van der Waals surface area contributed by atoms with E-state index >= 15 is 0 Å². The number of hydrazine groups is 1. The molecule has 1 unspecified atom stereocenters. The summed E-state index contributed by atoms with van der Waals surface area (Å²) in [5.74, 6) is 3.92. The number of alkyl halides is 3. The molecule has 0 saturated heterocycles. The highest BCUT2D eigenvalue weighted by Gasteiger charge is 2.31. The minimum Gasteiger partial charge on any atom is -0.496 e. The lowest BCUT2D eigenvalue weighted by Crippen LogP contribution is -2.38. The Morgan fingerprint density at radius 2 is 1.86 bits per heavy atom. The first-order valence-corrected chi connectivity index (χ1v) is 11.1. The number of amides is 2. The van der Waals surface area contributed by atoms with E-state index in [0.29, 0.717) is 5.56 Å². The lowest BCUT2D eigenvalue weighted by atomic mass is 10.0. The molecule has 0 aliphatic carbocycles. The third-order valence-corrected chi connectivity index (χ3v) is 5.07. The maximum Gasteiger partial charge on any atom is 0.573 e. The van der Waals surface area contributed by atoms with E-state index in [2.05, 4.69) is 15.4 Å². The SMILES string of the molecule is CCc1ccc(C(C=N)NC(=O)/C(N)=C/N(N)CCNC(=O)c2ccc(OC(F)(F)F)cc2OC)cc1. The Balaban J connectivity index is 1.91. The van der Waals surface area contributed by atoms with Gasteiger partial charge < -0.3 is 36.3 Å². The van der Waals surface area contributed by atoms with Gasteiger partial charge in [-0.3, -0.25) is 9.59 Å².